The van der Waals surface area contributed by atoms with Crippen LogP contribution in [0.4, 0.5) is 0 Å². The topological polar surface area (TPSA) is 32.3 Å². The second-order valence-corrected chi connectivity index (χ2v) is 6.99. The zero-order valence-corrected chi connectivity index (χ0v) is 12.1. The molecule has 0 radical (unpaired) electrons. The van der Waals surface area contributed by atoms with Gasteiger partial charge >= 0.3 is 0 Å². The van der Waals surface area contributed by atoms with E-state index >= 15 is 0 Å². The first-order chi connectivity index (χ1) is 9.26. The van der Waals surface area contributed by atoms with Crippen molar-refractivity contribution in [2.45, 2.75) is 69.7 Å². The summed E-state index contributed by atoms with van der Waals surface area (Å²) in [6.07, 6.45) is 12.6. The van der Waals surface area contributed by atoms with Crippen LogP contribution in [0.5, 0.6) is 0 Å². The zero-order valence-electron chi connectivity index (χ0n) is 12.1. The highest BCUT2D eigenvalue weighted by Gasteiger charge is 2.38. The molecule has 1 amide bonds. The number of carbonyl (C=O) groups excluding carboxylic acids is 1. The summed E-state index contributed by atoms with van der Waals surface area (Å²) in [5.41, 5.74) is 0.165. The maximum atomic E-state index is 11.6. The van der Waals surface area contributed by atoms with Crippen LogP contribution in [0.15, 0.2) is 0 Å². The third-order valence-electron chi connectivity index (χ3n) is 5.52. The number of nitrogens with one attached hydrogen (secondary N) is 1. The molecular formula is C16H28N2O. The molecule has 0 aromatic heterocycles. The maximum Gasteiger partial charge on any atom is 0.220 e. The first kappa shape index (κ1) is 13.4. The third kappa shape index (κ3) is 3.31. The van der Waals surface area contributed by atoms with Gasteiger partial charge in [0, 0.05) is 31.6 Å². The van der Waals surface area contributed by atoms with Gasteiger partial charge in [0.2, 0.25) is 5.91 Å². The van der Waals surface area contributed by atoms with Crippen LogP contribution in [0.25, 0.3) is 0 Å². The summed E-state index contributed by atoms with van der Waals surface area (Å²) < 4.78 is 0. The monoisotopic (exact) mass is 264 g/mol. The Morgan fingerprint density at radius 1 is 1.05 bits per heavy atom. The minimum absolute atomic E-state index is 0.165. The highest BCUT2D eigenvalue weighted by atomic mass is 16.1. The second-order valence-electron chi connectivity index (χ2n) is 6.99. The predicted octanol–water partition coefficient (Wildman–Crippen LogP) is 2.70. The molecule has 2 heterocycles. The molecule has 0 unspecified atom stereocenters. The lowest BCUT2D eigenvalue weighted by molar-refractivity contribution is -0.126. The number of piperidine rings is 2. The van der Waals surface area contributed by atoms with Gasteiger partial charge in [-0.3, -0.25) is 4.79 Å². The molecule has 0 aromatic carbocycles. The molecule has 1 N–H and O–H groups in total. The van der Waals surface area contributed by atoms with Crippen molar-refractivity contribution in [3.63, 3.8) is 0 Å². The summed E-state index contributed by atoms with van der Waals surface area (Å²) >= 11 is 0. The van der Waals surface area contributed by atoms with E-state index in [0.717, 1.165) is 18.8 Å². The molecule has 3 aliphatic rings. The van der Waals surface area contributed by atoms with Gasteiger partial charge in [0.15, 0.2) is 0 Å². The Kier molecular flexibility index (Phi) is 4.11. The third-order valence-corrected chi connectivity index (χ3v) is 5.52. The van der Waals surface area contributed by atoms with Crippen molar-refractivity contribution in [2.75, 3.05) is 19.6 Å². The van der Waals surface area contributed by atoms with Gasteiger partial charge in [-0.1, -0.05) is 19.3 Å². The van der Waals surface area contributed by atoms with Gasteiger partial charge in [-0.25, -0.2) is 0 Å². The highest BCUT2D eigenvalue weighted by Crippen LogP contribution is 2.32. The zero-order chi connectivity index (χ0) is 13.1. The van der Waals surface area contributed by atoms with Crippen molar-refractivity contribution in [3.8, 4) is 0 Å². The second kappa shape index (κ2) is 5.82. The van der Waals surface area contributed by atoms with Crippen molar-refractivity contribution in [1.82, 2.24) is 10.2 Å². The highest BCUT2D eigenvalue weighted by molar-refractivity contribution is 5.77. The van der Waals surface area contributed by atoms with Crippen LogP contribution in [-0.4, -0.2) is 36.0 Å². The number of amides is 1. The van der Waals surface area contributed by atoms with Crippen molar-refractivity contribution < 1.29 is 4.79 Å². The summed E-state index contributed by atoms with van der Waals surface area (Å²) in [5, 5.41) is 3.29. The largest absolute Gasteiger partial charge is 0.351 e. The van der Waals surface area contributed by atoms with E-state index in [1.54, 1.807) is 0 Å². The fourth-order valence-electron chi connectivity index (χ4n) is 4.28. The molecule has 2 aliphatic heterocycles. The van der Waals surface area contributed by atoms with E-state index in [1.165, 1.54) is 71.0 Å². The normalized spacial score (nSPS) is 29.4. The average Bonchev–Trinajstić information content (AvgIpc) is 2.43. The maximum absolute atomic E-state index is 11.6. The van der Waals surface area contributed by atoms with Crippen LogP contribution in [0.1, 0.15) is 64.2 Å². The van der Waals surface area contributed by atoms with Crippen LogP contribution in [-0.2, 0) is 4.79 Å². The Hall–Kier alpha value is -0.570. The Balaban J connectivity index is 1.47. The molecule has 108 valence electrons. The molecular weight excluding hydrogens is 236 g/mol. The van der Waals surface area contributed by atoms with Gasteiger partial charge < -0.3 is 10.2 Å². The Labute approximate surface area is 117 Å². The quantitative estimate of drug-likeness (QED) is 0.831. The van der Waals surface area contributed by atoms with E-state index in [9.17, 15) is 4.79 Å². The summed E-state index contributed by atoms with van der Waals surface area (Å²) in [4.78, 5) is 14.3. The van der Waals surface area contributed by atoms with E-state index in [4.69, 9.17) is 0 Å². The SMILES string of the molecule is O=C1CCCC2(CCN(CC3CCCCC3)CC2)N1. The predicted molar refractivity (Wildman–Crippen MR) is 77.0 cm³/mol. The van der Waals surface area contributed by atoms with E-state index in [2.05, 4.69) is 10.2 Å². The Morgan fingerprint density at radius 3 is 2.47 bits per heavy atom. The van der Waals surface area contributed by atoms with E-state index < -0.39 is 0 Å². The molecule has 3 heteroatoms. The molecule has 1 aliphatic carbocycles. The molecule has 19 heavy (non-hydrogen) atoms. The van der Waals surface area contributed by atoms with Gasteiger partial charge in [0.05, 0.1) is 0 Å². The van der Waals surface area contributed by atoms with E-state index in [1.807, 2.05) is 0 Å². The molecule has 2 saturated heterocycles. The van der Waals surface area contributed by atoms with Crippen LogP contribution in [0.2, 0.25) is 0 Å². The first-order valence-corrected chi connectivity index (χ1v) is 8.29. The van der Waals surface area contributed by atoms with Crippen LogP contribution >= 0.6 is 0 Å². The van der Waals surface area contributed by atoms with E-state index in [-0.39, 0.29) is 11.4 Å². The van der Waals surface area contributed by atoms with Gasteiger partial charge in [-0.05, 0) is 44.4 Å². The molecule has 1 saturated carbocycles. The van der Waals surface area contributed by atoms with Gasteiger partial charge in [0.25, 0.3) is 0 Å². The molecule has 1 spiro atoms. The summed E-state index contributed by atoms with van der Waals surface area (Å²) in [7, 11) is 0. The Bertz CT molecular complexity index is 315. The standard InChI is InChI=1S/C16H28N2O/c19-15-7-4-8-16(17-15)9-11-18(12-10-16)13-14-5-2-1-3-6-14/h14H,1-13H2,(H,17,19). The first-order valence-electron chi connectivity index (χ1n) is 8.29. The number of hydrogen-bond acceptors (Lipinski definition) is 2. The molecule has 3 fully saturated rings. The Morgan fingerprint density at radius 2 is 1.79 bits per heavy atom. The minimum Gasteiger partial charge on any atom is -0.351 e. The summed E-state index contributed by atoms with van der Waals surface area (Å²) in [6.45, 7) is 3.69. The number of likely N-dealkylation sites (tertiary alicyclic amines) is 1. The number of nitrogens with zero attached hydrogens (tertiary/aromatic N) is 1. The lowest BCUT2D eigenvalue weighted by Crippen LogP contribution is -2.57. The number of carbonyl (C=O) groups is 1. The molecule has 0 bridgehead atoms. The fourth-order valence-corrected chi connectivity index (χ4v) is 4.28. The van der Waals surface area contributed by atoms with Crippen molar-refractivity contribution in [3.05, 3.63) is 0 Å². The van der Waals surface area contributed by atoms with E-state index in [0.29, 0.717) is 0 Å². The van der Waals surface area contributed by atoms with Crippen molar-refractivity contribution in [1.29, 1.82) is 0 Å². The smallest absolute Gasteiger partial charge is 0.220 e. The molecule has 3 rings (SSSR count). The lowest BCUT2D eigenvalue weighted by atomic mass is 9.79. The van der Waals surface area contributed by atoms with Crippen LogP contribution in [0.3, 0.4) is 0 Å². The number of rotatable bonds is 2. The average molecular weight is 264 g/mol. The minimum atomic E-state index is 0.165. The number of hydrogen-bond donors (Lipinski definition) is 1. The van der Waals surface area contributed by atoms with Crippen molar-refractivity contribution in [2.24, 2.45) is 5.92 Å². The summed E-state index contributed by atoms with van der Waals surface area (Å²) in [5.74, 6) is 1.23. The molecule has 0 atom stereocenters. The van der Waals surface area contributed by atoms with Crippen LogP contribution in [0, 0.1) is 5.92 Å². The van der Waals surface area contributed by atoms with Crippen LogP contribution < -0.4 is 5.32 Å². The molecule has 0 aromatic rings. The lowest BCUT2D eigenvalue weighted by Gasteiger charge is -2.45. The van der Waals surface area contributed by atoms with Gasteiger partial charge in [0.1, 0.15) is 0 Å². The molecule has 3 nitrogen and oxygen atoms in total. The van der Waals surface area contributed by atoms with Gasteiger partial charge in [-0.15, -0.1) is 0 Å². The fraction of sp³-hybridized carbons (Fsp3) is 0.938. The van der Waals surface area contributed by atoms with Gasteiger partial charge in [-0.2, -0.15) is 0 Å². The van der Waals surface area contributed by atoms with Crippen molar-refractivity contribution >= 4 is 5.91 Å². The summed E-state index contributed by atoms with van der Waals surface area (Å²) in [6, 6.07) is 0.